The van der Waals surface area contributed by atoms with Gasteiger partial charge in [-0.1, -0.05) is 26.0 Å². The summed E-state index contributed by atoms with van der Waals surface area (Å²) in [7, 11) is 0. The lowest BCUT2D eigenvalue weighted by atomic mass is 9.96. The van der Waals surface area contributed by atoms with Crippen LogP contribution < -0.4 is 0 Å². The second-order valence-corrected chi connectivity index (χ2v) is 5.01. The minimum absolute atomic E-state index is 0.0000115. The molecular weight excluding hydrogens is 245 g/mol. The minimum atomic E-state index is -4.31. The number of alkyl halides is 3. The summed E-state index contributed by atoms with van der Waals surface area (Å²) < 4.78 is 42.3. The van der Waals surface area contributed by atoms with Crippen molar-refractivity contribution < 1.29 is 23.0 Å². The third-order valence-corrected chi connectivity index (χ3v) is 2.47. The number of aliphatic hydroxyl groups is 1. The predicted molar refractivity (Wildman–Crippen MR) is 62.0 cm³/mol. The minimum Gasteiger partial charge on any atom is -0.396 e. The fraction of sp³-hybridized carbons (Fsp3) is 0.538. The molecule has 0 aliphatic heterocycles. The van der Waals surface area contributed by atoms with Gasteiger partial charge in [0.1, 0.15) is 0 Å². The molecule has 0 bridgehead atoms. The van der Waals surface area contributed by atoms with Gasteiger partial charge in [0.05, 0.1) is 25.4 Å². The first-order valence-corrected chi connectivity index (χ1v) is 5.59. The third-order valence-electron chi connectivity index (χ3n) is 2.47. The second-order valence-electron chi connectivity index (χ2n) is 5.01. The van der Waals surface area contributed by atoms with Gasteiger partial charge >= 0.3 is 6.18 Å². The van der Waals surface area contributed by atoms with Crippen molar-refractivity contribution in [1.29, 1.82) is 0 Å². The zero-order chi connectivity index (χ0) is 13.8. The maximum Gasteiger partial charge on any atom is 0.416 e. The highest BCUT2D eigenvalue weighted by atomic mass is 19.4. The number of ether oxygens (including phenoxy) is 1. The summed E-state index contributed by atoms with van der Waals surface area (Å²) in [6.07, 6.45) is -4.31. The van der Waals surface area contributed by atoms with E-state index in [4.69, 9.17) is 9.84 Å². The van der Waals surface area contributed by atoms with E-state index >= 15 is 0 Å². The van der Waals surface area contributed by atoms with Gasteiger partial charge in [-0.05, 0) is 17.7 Å². The van der Waals surface area contributed by atoms with Gasteiger partial charge in [-0.2, -0.15) is 13.2 Å². The number of hydrogen-bond donors (Lipinski definition) is 1. The Morgan fingerprint density at radius 3 is 2.11 bits per heavy atom. The molecule has 0 fully saturated rings. The predicted octanol–water partition coefficient (Wildman–Crippen LogP) is 3.24. The molecule has 0 aromatic heterocycles. The van der Waals surface area contributed by atoms with E-state index in [1.165, 1.54) is 12.1 Å². The summed E-state index contributed by atoms with van der Waals surface area (Å²) in [5.41, 5.74) is -0.329. The Morgan fingerprint density at radius 1 is 1.11 bits per heavy atom. The first-order chi connectivity index (χ1) is 8.24. The van der Waals surface area contributed by atoms with Crippen LogP contribution >= 0.6 is 0 Å². The zero-order valence-corrected chi connectivity index (χ0v) is 10.4. The molecule has 0 atom stereocenters. The standard InChI is InChI=1S/C13H17F3O2/c1-12(2,8-17)9-18-7-10-3-5-11(6-4-10)13(14,15)16/h3-6,17H,7-9H2,1-2H3. The van der Waals surface area contributed by atoms with Gasteiger partial charge in [-0.25, -0.2) is 0 Å². The molecule has 2 nitrogen and oxygen atoms in total. The highest BCUT2D eigenvalue weighted by molar-refractivity contribution is 5.24. The van der Waals surface area contributed by atoms with Gasteiger partial charge in [0.2, 0.25) is 0 Å². The van der Waals surface area contributed by atoms with Crippen molar-refractivity contribution in [2.24, 2.45) is 5.41 Å². The van der Waals surface area contributed by atoms with Crippen LogP contribution in [0.2, 0.25) is 0 Å². The summed E-state index contributed by atoms with van der Waals surface area (Å²) >= 11 is 0. The van der Waals surface area contributed by atoms with E-state index in [1.54, 1.807) is 0 Å². The summed E-state index contributed by atoms with van der Waals surface area (Å²) in [5.74, 6) is 0. The van der Waals surface area contributed by atoms with Crippen LogP contribution in [0.1, 0.15) is 25.0 Å². The van der Waals surface area contributed by atoms with Crippen molar-refractivity contribution in [3.8, 4) is 0 Å². The Kier molecular flexibility index (Phi) is 4.76. The fourth-order valence-corrected chi connectivity index (χ4v) is 1.28. The molecule has 0 radical (unpaired) electrons. The lowest BCUT2D eigenvalue weighted by Crippen LogP contribution is -2.23. The van der Waals surface area contributed by atoms with Gasteiger partial charge in [-0.15, -0.1) is 0 Å². The monoisotopic (exact) mass is 262 g/mol. The van der Waals surface area contributed by atoms with Crippen molar-refractivity contribution in [2.75, 3.05) is 13.2 Å². The Bertz CT molecular complexity index is 369. The first-order valence-electron chi connectivity index (χ1n) is 5.59. The SMILES string of the molecule is CC(C)(CO)COCc1ccc(C(F)(F)F)cc1. The van der Waals surface area contributed by atoms with Crippen molar-refractivity contribution in [1.82, 2.24) is 0 Å². The molecule has 5 heteroatoms. The molecule has 0 heterocycles. The van der Waals surface area contributed by atoms with Crippen LogP contribution in [0, 0.1) is 5.41 Å². The Balaban J connectivity index is 2.50. The number of rotatable bonds is 5. The van der Waals surface area contributed by atoms with E-state index in [0.29, 0.717) is 12.2 Å². The smallest absolute Gasteiger partial charge is 0.396 e. The van der Waals surface area contributed by atoms with E-state index in [9.17, 15) is 13.2 Å². The molecule has 1 aromatic carbocycles. The topological polar surface area (TPSA) is 29.5 Å². The van der Waals surface area contributed by atoms with E-state index in [0.717, 1.165) is 12.1 Å². The zero-order valence-electron chi connectivity index (χ0n) is 10.4. The summed E-state index contributed by atoms with van der Waals surface area (Å²) in [6, 6.07) is 4.87. The summed E-state index contributed by atoms with van der Waals surface area (Å²) in [4.78, 5) is 0. The molecule has 1 aromatic rings. The van der Waals surface area contributed by atoms with Gasteiger partial charge < -0.3 is 9.84 Å². The number of hydrogen-bond acceptors (Lipinski definition) is 2. The highest BCUT2D eigenvalue weighted by Gasteiger charge is 2.29. The molecule has 0 unspecified atom stereocenters. The van der Waals surface area contributed by atoms with E-state index < -0.39 is 11.7 Å². The fourth-order valence-electron chi connectivity index (χ4n) is 1.28. The quantitative estimate of drug-likeness (QED) is 0.882. The van der Waals surface area contributed by atoms with Crippen LogP contribution in [0.25, 0.3) is 0 Å². The molecule has 0 amide bonds. The Morgan fingerprint density at radius 2 is 1.67 bits per heavy atom. The lowest BCUT2D eigenvalue weighted by Gasteiger charge is -2.21. The lowest BCUT2D eigenvalue weighted by molar-refractivity contribution is -0.137. The maximum atomic E-state index is 12.3. The number of halogens is 3. The third kappa shape index (κ3) is 4.66. The number of benzene rings is 1. The first kappa shape index (κ1) is 15.0. The van der Waals surface area contributed by atoms with Crippen molar-refractivity contribution in [3.63, 3.8) is 0 Å². The molecule has 0 spiro atoms. The van der Waals surface area contributed by atoms with Crippen LogP contribution in [0.5, 0.6) is 0 Å². The molecule has 0 saturated carbocycles. The van der Waals surface area contributed by atoms with Crippen LogP contribution in [0.3, 0.4) is 0 Å². The van der Waals surface area contributed by atoms with Crippen molar-refractivity contribution >= 4 is 0 Å². The van der Waals surface area contributed by atoms with Gasteiger partial charge in [-0.3, -0.25) is 0 Å². The molecule has 0 aliphatic carbocycles. The highest BCUT2D eigenvalue weighted by Crippen LogP contribution is 2.29. The van der Waals surface area contributed by atoms with Crippen LogP contribution in [0.4, 0.5) is 13.2 Å². The second kappa shape index (κ2) is 5.71. The van der Waals surface area contributed by atoms with Gasteiger partial charge in [0.15, 0.2) is 0 Å². The van der Waals surface area contributed by atoms with E-state index in [2.05, 4.69) is 0 Å². The maximum absolute atomic E-state index is 12.3. The van der Waals surface area contributed by atoms with Crippen molar-refractivity contribution in [2.45, 2.75) is 26.6 Å². The Hall–Kier alpha value is -1.07. The van der Waals surface area contributed by atoms with Gasteiger partial charge in [0, 0.05) is 5.41 Å². The van der Waals surface area contributed by atoms with Crippen LogP contribution in [0.15, 0.2) is 24.3 Å². The summed E-state index contributed by atoms with van der Waals surface area (Å²) in [6.45, 7) is 4.28. The normalized spacial score (nSPS) is 12.8. The molecule has 102 valence electrons. The van der Waals surface area contributed by atoms with Gasteiger partial charge in [0.25, 0.3) is 0 Å². The Labute approximate surface area is 104 Å². The molecule has 1 rings (SSSR count). The molecule has 1 N–H and O–H groups in total. The van der Waals surface area contributed by atoms with E-state index in [1.807, 2.05) is 13.8 Å². The molecular formula is C13H17F3O2. The average molecular weight is 262 g/mol. The largest absolute Gasteiger partial charge is 0.416 e. The van der Waals surface area contributed by atoms with Crippen LogP contribution in [-0.4, -0.2) is 18.3 Å². The molecule has 18 heavy (non-hydrogen) atoms. The number of aliphatic hydroxyl groups excluding tert-OH is 1. The van der Waals surface area contributed by atoms with Crippen LogP contribution in [-0.2, 0) is 17.5 Å². The average Bonchev–Trinajstić information content (AvgIpc) is 2.28. The van der Waals surface area contributed by atoms with E-state index in [-0.39, 0.29) is 18.6 Å². The van der Waals surface area contributed by atoms with Crippen molar-refractivity contribution in [3.05, 3.63) is 35.4 Å². The molecule has 0 aliphatic rings. The molecule has 0 saturated heterocycles. The summed E-state index contributed by atoms with van der Waals surface area (Å²) in [5, 5.41) is 9.01.